The summed E-state index contributed by atoms with van der Waals surface area (Å²) in [6.07, 6.45) is 2.14. The second-order valence-corrected chi connectivity index (χ2v) is 8.36. The van der Waals surface area contributed by atoms with Crippen molar-refractivity contribution >= 4 is 32.3 Å². The fourth-order valence-electron chi connectivity index (χ4n) is 2.87. The van der Waals surface area contributed by atoms with Gasteiger partial charge in [-0.1, -0.05) is 6.07 Å². The van der Waals surface area contributed by atoms with E-state index >= 15 is 0 Å². The molecular formula is C16H19N3O4S. The van der Waals surface area contributed by atoms with E-state index < -0.39 is 9.84 Å². The zero-order valence-electron chi connectivity index (χ0n) is 13.5. The Balaban J connectivity index is 1.80. The van der Waals surface area contributed by atoms with Gasteiger partial charge in [-0.05, 0) is 30.0 Å². The summed E-state index contributed by atoms with van der Waals surface area (Å²) in [7, 11) is 0.200. The number of aromatic nitrogens is 1. The molecule has 2 amide bonds. The van der Waals surface area contributed by atoms with E-state index in [4.69, 9.17) is 0 Å². The van der Waals surface area contributed by atoms with Gasteiger partial charge in [-0.15, -0.1) is 0 Å². The Kier molecular flexibility index (Phi) is 4.08. The summed E-state index contributed by atoms with van der Waals surface area (Å²) in [6.45, 7) is 0. The van der Waals surface area contributed by atoms with Crippen molar-refractivity contribution in [2.45, 2.75) is 12.5 Å². The van der Waals surface area contributed by atoms with Gasteiger partial charge in [0.1, 0.15) is 0 Å². The summed E-state index contributed by atoms with van der Waals surface area (Å²) in [5.41, 5.74) is 0.363. The minimum absolute atomic E-state index is 0.00478. The number of carbonyl (C=O) groups is 1. The number of rotatable bonds is 2. The number of sulfone groups is 1. The second kappa shape index (κ2) is 5.94. The molecule has 1 atom stereocenters. The maximum atomic E-state index is 12.3. The number of benzene rings is 1. The molecule has 3 rings (SSSR count). The normalized spacial score (nSPS) is 19.3. The van der Waals surface area contributed by atoms with Gasteiger partial charge in [0.15, 0.2) is 9.84 Å². The highest BCUT2D eigenvalue weighted by atomic mass is 32.2. The van der Waals surface area contributed by atoms with Gasteiger partial charge < -0.3 is 14.8 Å². The molecule has 24 heavy (non-hydrogen) atoms. The molecule has 0 radical (unpaired) electrons. The third-order valence-electron chi connectivity index (χ3n) is 4.41. The molecule has 0 saturated carbocycles. The number of hydrogen-bond acceptors (Lipinski definition) is 4. The minimum Gasteiger partial charge on any atom is -0.324 e. The number of urea groups is 1. The van der Waals surface area contributed by atoms with Gasteiger partial charge in [0.2, 0.25) is 0 Å². The number of fused-ring (bicyclic) bond motifs is 1. The van der Waals surface area contributed by atoms with Crippen molar-refractivity contribution in [1.29, 1.82) is 0 Å². The Morgan fingerprint density at radius 1 is 1.33 bits per heavy atom. The van der Waals surface area contributed by atoms with Crippen molar-refractivity contribution in [2.75, 3.05) is 23.9 Å². The predicted molar refractivity (Wildman–Crippen MR) is 93.0 cm³/mol. The van der Waals surface area contributed by atoms with Crippen LogP contribution in [0, 0.1) is 0 Å². The molecule has 128 valence electrons. The van der Waals surface area contributed by atoms with Gasteiger partial charge in [0, 0.05) is 37.4 Å². The van der Waals surface area contributed by atoms with E-state index in [0.29, 0.717) is 17.5 Å². The summed E-state index contributed by atoms with van der Waals surface area (Å²) >= 11 is 0. The summed E-state index contributed by atoms with van der Waals surface area (Å²) < 4.78 is 24.6. The molecule has 1 unspecified atom stereocenters. The van der Waals surface area contributed by atoms with Gasteiger partial charge in [0.05, 0.1) is 11.5 Å². The third kappa shape index (κ3) is 3.14. The first-order valence-electron chi connectivity index (χ1n) is 7.60. The molecule has 1 aromatic carbocycles. The fourth-order valence-corrected chi connectivity index (χ4v) is 4.65. The van der Waals surface area contributed by atoms with E-state index in [2.05, 4.69) is 5.32 Å². The number of anilines is 1. The Labute approximate surface area is 139 Å². The van der Waals surface area contributed by atoms with Gasteiger partial charge in [-0.3, -0.25) is 4.79 Å². The lowest BCUT2D eigenvalue weighted by Gasteiger charge is -2.23. The number of nitrogens with zero attached hydrogens (tertiary/aromatic N) is 2. The zero-order valence-corrected chi connectivity index (χ0v) is 14.3. The van der Waals surface area contributed by atoms with Gasteiger partial charge >= 0.3 is 6.03 Å². The Hall–Kier alpha value is -2.35. The number of carbonyl (C=O) groups excluding carboxylic acids is 1. The first-order valence-corrected chi connectivity index (χ1v) is 9.42. The molecule has 7 nitrogen and oxygen atoms in total. The van der Waals surface area contributed by atoms with Crippen molar-refractivity contribution in [3.05, 3.63) is 40.8 Å². The van der Waals surface area contributed by atoms with Gasteiger partial charge in [-0.25, -0.2) is 13.2 Å². The summed E-state index contributed by atoms with van der Waals surface area (Å²) in [6, 6.07) is 6.25. The van der Waals surface area contributed by atoms with E-state index in [1.807, 2.05) is 6.07 Å². The van der Waals surface area contributed by atoms with Crippen LogP contribution in [0.1, 0.15) is 6.42 Å². The molecule has 0 aliphatic carbocycles. The van der Waals surface area contributed by atoms with E-state index in [0.717, 1.165) is 5.39 Å². The molecule has 1 aliphatic rings. The second-order valence-electron chi connectivity index (χ2n) is 6.13. The van der Waals surface area contributed by atoms with Crippen molar-refractivity contribution in [3.63, 3.8) is 0 Å². The molecule has 0 bridgehead atoms. The monoisotopic (exact) mass is 349 g/mol. The van der Waals surface area contributed by atoms with Crippen molar-refractivity contribution in [3.8, 4) is 0 Å². The minimum atomic E-state index is -3.05. The Morgan fingerprint density at radius 3 is 2.75 bits per heavy atom. The van der Waals surface area contributed by atoms with E-state index in [-0.39, 0.29) is 29.1 Å². The van der Waals surface area contributed by atoms with Crippen LogP contribution in [0.15, 0.2) is 35.3 Å². The highest BCUT2D eigenvalue weighted by molar-refractivity contribution is 7.91. The number of aryl methyl sites for hydroxylation is 1. The molecule has 1 N–H and O–H groups in total. The number of amides is 2. The Bertz CT molecular complexity index is 965. The number of nitrogens with one attached hydrogen (secondary N) is 1. The molecule has 1 saturated heterocycles. The van der Waals surface area contributed by atoms with Crippen LogP contribution >= 0.6 is 0 Å². The van der Waals surface area contributed by atoms with Crippen LogP contribution in [0.5, 0.6) is 0 Å². The SMILES string of the molecule is CN(C(=O)Nc1ccc2ccn(C)c(=O)c2c1)C1CCS(=O)(=O)C1. The van der Waals surface area contributed by atoms with Crippen LogP contribution in [0.2, 0.25) is 0 Å². The lowest BCUT2D eigenvalue weighted by molar-refractivity contribution is 0.209. The summed E-state index contributed by atoms with van der Waals surface area (Å²) in [5.74, 6) is 0.108. The molecule has 2 heterocycles. The number of pyridine rings is 1. The van der Waals surface area contributed by atoms with Crippen LogP contribution in [-0.4, -0.2) is 48.5 Å². The smallest absolute Gasteiger partial charge is 0.321 e. The average Bonchev–Trinajstić information content (AvgIpc) is 2.90. The van der Waals surface area contributed by atoms with Gasteiger partial charge in [0.25, 0.3) is 5.56 Å². The van der Waals surface area contributed by atoms with Crippen LogP contribution in [0.4, 0.5) is 10.5 Å². The summed E-state index contributed by atoms with van der Waals surface area (Å²) in [5, 5.41) is 4.04. The van der Waals surface area contributed by atoms with Crippen LogP contribution in [0.3, 0.4) is 0 Å². The highest BCUT2D eigenvalue weighted by Crippen LogP contribution is 2.19. The largest absolute Gasteiger partial charge is 0.324 e. The molecule has 1 fully saturated rings. The van der Waals surface area contributed by atoms with Crippen LogP contribution in [-0.2, 0) is 16.9 Å². The molecular weight excluding hydrogens is 330 g/mol. The first-order chi connectivity index (χ1) is 11.3. The van der Waals surface area contributed by atoms with E-state index in [9.17, 15) is 18.0 Å². The average molecular weight is 349 g/mol. The lowest BCUT2D eigenvalue weighted by Crippen LogP contribution is -2.40. The maximum absolute atomic E-state index is 12.3. The fraction of sp³-hybridized carbons (Fsp3) is 0.375. The van der Waals surface area contributed by atoms with Crippen molar-refractivity contribution in [1.82, 2.24) is 9.47 Å². The zero-order chi connectivity index (χ0) is 17.5. The van der Waals surface area contributed by atoms with Crippen molar-refractivity contribution < 1.29 is 13.2 Å². The highest BCUT2D eigenvalue weighted by Gasteiger charge is 2.32. The van der Waals surface area contributed by atoms with Crippen LogP contribution < -0.4 is 10.9 Å². The van der Waals surface area contributed by atoms with E-state index in [1.54, 1.807) is 38.5 Å². The molecule has 1 aromatic heterocycles. The van der Waals surface area contributed by atoms with Gasteiger partial charge in [-0.2, -0.15) is 0 Å². The quantitative estimate of drug-likeness (QED) is 0.882. The third-order valence-corrected chi connectivity index (χ3v) is 6.16. The lowest BCUT2D eigenvalue weighted by atomic mass is 10.1. The predicted octanol–water partition coefficient (Wildman–Crippen LogP) is 1.19. The van der Waals surface area contributed by atoms with E-state index in [1.165, 1.54) is 9.47 Å². The van der Waals surface area contributed by atoms with Crippen LogP contribution in [0.25, 0.3) is 10.8 Å². The Morgan fingerprint density at radius 2 is 2.08 bits per heavy atom. The summed E-state index contributed by atoms with van der Waals surface area (Å²) in [4.78, 5) is 25.9. The molecule has 2 aromatic rings. The first kappa shape index (κ1) is 16.5. The standard InChI is InChI=1S/C16H19N3O4S/c1-18-7-5-11-3-4-12(9-14(11)15(18)20)17-16(21)19(2)13-6-8-24(22,23)10-13/h3-5,7,9,13H,6,8,10H2,1-2H3,(H,17,21). The van der Waals surface area contributed by atoms with Crippen molar-refractivity contribution in [2.24, 2.45) is 7.05 Å². The molecule has 1 aliphatic heterocycles. The number of hydrogen-bond donors (Lipinski definition) is 1. The molecule has 0 spiro atoms. The molecule has 8 heteroatoms. The topological polar surface area (TPSA) is 88.5 Å². The maximum Gasteiger partial charge on any atom is 0.321 e.